The van der Waals surface area contributed by atoms with Gasteiger partial charge in [-0.1, -0.05) is 48.5 Å². The SMILES string of the molecule is CNC(Cc1ccnc2ccccc12)c1ccccc1. The Kier molecular flexibility index (Phi) is 3.75. The van der Waals surface area contributed by atoms with E-state index in [0.717, 1.165) is 11.9 Å². The van der Waals surface area contributed by atoms with Crippen molar-refractivity contribution in [2.24, 2.45) is 0 Å². The lowest BCUT2D eigenvalue weighted by Crippen LogP contribution is -2.18. The van der Waals surface area contributed by atoms with Crippen LogP contribution < -0.4 is 5.32 Å². The molecule has 3 rings (SSSR count). The molecule has 1 unspecified atom stereocenters. The predicted molar refractivity (Wildman–Crippen MR) is 83.7 cm³/mol. The number of hydrogen-bond acceptors (Lipinski definition) is 2. The molecular weight excluding hydrogens is 244 g/mol. The highest BCUT2D eigenvalue weighted by Crippen LogP contribution is 2.23. The molecule has 1 atom stereocenters. The molecule has 2 nitrogen and oxygen atoms in total. The summed E-state index contributed by atoms with van der Waals surface area (Å²) < 4.78 is 0. The van der Waals surface area contributed by atoms with E-state index >= 15 is 0 Å². The lowest BCUT2D eigenvalue weighted by Gasteiger charge is -2.17. The molecule has 1 heterocycles. The second kappa shape index (κ2) is 5.85. The smallest absolute Gasteiger partial charge is 0.0704 e. The second-order valence-corrected chi connectivity index (χ2v) is 4.94. The van der Waals surface area contributed by atoms with Gasteiger partial charge < -0.3 is 5.32 Å². The Balaban J connectivity index is 1.96. The third-order valence-electron chi connectivity index (χ3n) is 3.71. The number of fused-ring (bicyclic) bond motifs is 1. The normalized spacial score (nSPS) is 12.4. The molecule has 0 aliphatic heterocycles. The van der Waals surface area contributed by atoms with Crippen LogP contribution >= 0.6 is 0 Å². The van der Waals surface area contributed by atoms with Crippen molar-refractivity contribution in [1.82, 2.24) is 10.3 Å². The van der Waals surface area contributed by atoms with Gasteiger partial charge in [0.25, 0.3) is 0 Å². The lowest BCUT2D eigenvalue weighted by atomic mass is 9.97. The van der Waals surface area contributed by atoms with Crippen LogP contribution in [-0.2, 0) is 6.42 Å². The summed E-state index contributed by atoms with van der Waals surface area (Å²) in [7, 11) is 2.01. The van der Waals surface area contributed by atoms with Crippen LogP contribution in [0, 0.1) is 0 Å². The Hall–Kier alpha value is -2.19. The number of para-hydroxylation sites is 1. The van der Waals surface area contributed by atoms with Gasteiger partial charge in [-0.3, -0.25) is 4.98 Å². The molecule has 3 aromatic rings. The first-order valence-electron chi connectivity index (χ1n) is 6.93. The fourth-order valence-corrected chi connectivity index (χ4v) is 2.62. The molecular formula is C18H18N2. The average Bonchev–Trinajstić information content (AvgIpc) is 2.53. The van der Waals surface area contributed by atoms with Crippen molar-refractivity contribution in [3.8, 4) is 0 Å². The van der Waals surface area contributed by atoms with Crippen LogP contribution in [-0.4, -0.2) is 12.0 Å². The van der Waals surface area contributed by atoms with Crippen LogP contribution in [0.1, 0.15) is 17.2 Å². The summed E-state index contributed by atoms with van der Waals surface area (Å²) in [6.45, 7) is 0. The molecule has 0 aliphatic carbocycles. The molecule has 100 valence electrons. The van der Waals surface area contributed by atoms with Gasteiger partial charge in [0.15, 0.2) is 0 Å². The van der Waals surface area contributed by atoms with Gasteiger partial charge in [-0.15, -0.1) is 0 Å². The summed E-state index contributed by atoms with van der Waals surface area (Å²) >= 11 is 0. The molecule has 0 saturated carbocycles. The summed E-state index contributed by atoms with van der Waals surface area (Å²) in [6.07, 6.45) is 2.86. The minimum atomic E-state index is 0.321. The minimum Gasteiger partial charge on any atom is -0.313 e. The van der Waals surface area contributed by atoms with Crippen molar-refractivity contribution in [3.63, 3.8) is 0 Å². The summed E-state index contributed by atoms with van der Waals surface area (Å²) in [4.78, 5) is 4.43. The van der Waals surface area contributed by atoms with E-state index in [2.05, 4.69) is 64.9 Å². The first kappa shape index (κ1) is 12.8. The van der Waals surface area contributed by atoms with Crippen molar-refractivity contribution in [2.75, 3.05) is 7.05 Å². The maximum absolute atomic E-state index is 4.43. The Morgan fingerprint density at radius 3 is 2.50 bits per heavy atom. The molecule has 1 aromatic heterocycles. The van der Waals surface area contributed by atoms with Gasteiger partial charge in [0.1, 0.15) is 0 Å². The van der Waals surface area contributed by atoms with Crippen molar-refractivity contribution < 1.29 is 0 Å². The van der Waals surface area contributed by atoms with E-state index in [9.17, 15) is 0 Å². The molecule has 0 saturated heterocycles. The number of aromatic nitrogens is 1. The standard InChI is InChI=1S/C18H18N2/c1-19-18(14-7-3-2-4-8-14)13-15-11-12-20-17-10-6-5-9-16(15)17/h2-12,18-19H,13H2,1H3. The number of hydrogen-bond donors (Lipinski definition) is 1. The third-order valence-corrected chi connectivity index (χ3v) is 3.71. The molecule has 0 radical (unpaired) electrons. The molecule has 0 spiro atoms. The number of nitrogens with zero attached hydrogens (tertiary/aromatic N) is 1. The molecule has 0 fully saturated rings. The van der Waals surface area contributed by atoms with E-state index in [0.29, 0.717) is 6.04 Å². The first-order valence-corrected chi connectivity index (χ1v) is 6.93. The maximum Gasteiger partial charge on any atom is 0.0704 e. The summed E-state index contributed by atoms with van der Waals surface area (Å²) in [6, 6.07) is 21.3. The largest absolute Gasteiger partial charge is 0.313 e. The fraction of sp³-hybridized carbons (Fsp3) is 0.167. The molecule has 0 bridgehead atoms. The van der Waals surface area contributed by atoms with Gasteiger partial charge in [0.05, 0.1) is 5.52 Å². The Morgan fingerprint density at radius 1 is 0.950 bits per heavy atom. The molecule has 0 aliphatic rings. The van der Waals surface area contributed by atoms with Gasteiger partial charge in [0.2, 0.25) is 0 Å². The Bertz CT molecular complexity index is 687. The van der Waals surface area contributed by atoms with Crippen molar-refractivity contribution in [1.29, 1.82) is 0 Å². The highest BCUT2D eigenvalue weighted by molar-refractivity contribution is 5.81. The van der Waals surface area contributed by atoms with Crippen LogP contribution in [0.4, 0.5) is 0 Å². The Labute approximate surface area is 119 Å². The third kappa shape index (κ3) is 2.56. The zero-order valence-corrected chi connectivity index (χ0v) is 11.6. The number of likely N-dealkylation sites (N-methyl/N-ethyl adjacent to an activating group) is 1. The van der Waals surface area contributed by atoms with Crippen molar-refractivity contribution in [2.45, 2.75) is 12.5 Å². The number of benzene rings is 2. The second-order valence-electron chi connectivity index (χ2n) is 4.94. The van der Waals surface area contributed by atoms with Crippen LogP contribution in [0.3, 0.4) is 0 Å². The predicted octanol–water partition coefficient (Wildman–Crippen LogP) is 3.74. The van der Waals surface area contributed by atoms with Crippen LogP contribution in [0.5, 0.6) is 0 Å². The van der Waals surface area contributed by atoms with Crippen molar-refractivity contribution >= 4 is 10.9 Å². The zero-order chi connectivity index (χ0) is 13.8. The highest BCUT2D eigenvalue weighted by atomic mass is 14.9. The zero-order valence-electron chi connectivity index (χ0n) is 11.6. The quantitative estimate of drug-likeness (QED) is 0.774. The van der Waals surface area contributed by atoms with E-state index in [-0.39, 0.29) is 0 Å². The van der Waals surface area contributed by atoms with Crippen LogP contribution in [0.2, 0.25) is 0 Å². The van der Waals surface area contributed by atoms with Gasteiger partial charge in [-0.25, -0.2) is 0 Å². The van der Waals surface area contributed by atoms with Gasteiger partial charge in [0, 0.05) is 17.6 Å². The molecule has 1 N–H and O–H groups in total. The first-order chi connectivity index (χ1) is 9.88. The fourth-order valence-electron chi connectivity index (χ4n) is 2.62. The van der Waals surface area contributed by atoms with Gasteiger partial charge in [-0.05, 0) is 36.7 Å². The van der Waals surface area contributed by atoms with Crippen LogP contribution in [0.15, 0.2) is 66.9 Å². The minimum absolute atomic E-state index is 0.321. The molecule has 0 amide bonds. The number of pyridine rings is 1. The number of rotatable bonds is 4. The van der Waals surface area contributed by atoms with E-state index < -0.39 is 0 Å². The lowest BCUT2D eigenvalue weighted by molar-refractivity contribution is 0.594. The average molecular weight is 262 g/mol. The highest BCUT2D eigenvalue weighted by Gasteiger charge is 2.11. The summed E-state index contributed by atoms with van der Waals surface area (Å²) in [5, 5.41) is 4.65. The summed E-state index contributed by atoms with van der Waals surface area (Å²) in [5.41, 5.74) is 3.71. The van der Waals surface area contributed by atoms with E-state index in [1.807, 2.05) is 19.3 Å². The van der Waals surface area contributed by atoms with E-state index in [1.54, 1.807) is 0 Å². The summed E-state index contributed by atoms with van der Waals surface area (Å²) in [5.74, 6) is 0. The van der Waals surface area contributed by atoms with Crippen molar-refractivity contribution in [3.05, 3.63) is 78.0 Å². The molecule has 20 heavy (non-hydrogen) atoms. The van der Waals surface area contributed by atoms with E-state index in [1.165, 1.54) is 16.5 Å². The molecule has 2 aromatic carbocycles. The van der Waals surface area contributed by atoms with Gasteiger partial charge >= 0.3 is 0 Å². The molecule has 2 heteroatoms. The van der Waals surface area contributed by atoms with Gasteiger partial charge in [-0.2, -0.15) is 0 Å². The maximum atomic E-state index is 4.43. The monoisotopic (exact) mass is 262 g/mol. The Morgan fingerprint density at radius 2 is 1.70 bits per heavy atom. The van der Waals surface area contributed by atoms with E-state index in [4.69, 9.17) is 0 Å². The topological polar surface area (TPSA) is 24.9 Å². The number of nitrogens with one attached hydrogen (secondary N) is 1. The van der Waals surface area contributed by atoms with Crippen LogP contribution in [0.25, 0.3) is 10.9 Å².